The Hall–Kier alpha value is -1.22. The normalized spacial score (nSPS) is 16.0. The molecule has 0 spiro atoms. The van der Waals surface area contributed by atoms with Gasteiger partial charge in [0.25, 0.3) is 10.0 Å². The molecule has 1 fully saturated rings. The van der Waals surface area contributed by atoms with Crippen molar-refractivity contribution in [1.82, 2.24) is 9.62 Å². The second-order valence-electron chi connectivity index (χ2n) is 6.40. The standard InChI is InChI=1S/C18H21BrN2O3S2/c19-16-6-7-18(25-16)26(23,24)20-13-17(22)21-10-8-15(9-11-21)12-14-4-2-1-3-5-14/h1-7,15,20H,8-13H2. The van der Waals surface area contributed by atoms with Crippen LogP contribution >= 0.6 is 27.3 Å². The van der Waals surface area contributed by atoms with Crippen molar-refractivity contribution in [3.8, 4) is 0 Å². The molecule has 26 heavy (non-hydrogen) atoms. The van der Waals surface area contributed by atoms with Crippen molar-refractivity contribution in [2.24, 2.45) is 5.92 Å². The number of amides is 1. The Bertz CT molecular complexity index is 844. The average molecular weight is 457 g/mol. The molecule has 2 heterocycles. The first kappa shape index (κ1) is 19.5. The van der Waals surface area contributed by atoms with Crippen LogP contribution in [0.1, 0.15) is 18.4 Å². The van der Waals surface area contributed by atoms with Gasteiger partial charge in [0, 0.05) is 13.1 Å². The number of rotatable bonds is 6. The number of piperidine rings is 1. The molecular formula is C18H21BrN2O3S2. The van der Waals surface area contributed by atoms with Crippen LogP contribution in [0.5, 0.6) is 0 Å². The highest BCUT2D eigenvalue weighted by Gasteiger charge is 2.24. The molecule has 0 atom stereocenters. The van der Waals surface area contributed by atoms with Crippen molar-refractivity contribution in [2.75, 3.05) is 19.6 Å². The molecule has 140 valence electrons. The number of thiophene rings is 1. The Balaban J connectivity index is 1.46. The molecule has 1 aromatic carbocycles. The summed E-state index contributed by atoms with van der Waals surface area (Å²) in [5, 5.41) is 0. The summed E-state index contributed by atoms with van der Waals surface area (Å²) in [6, 6.07) is 13.6. The van der Waals surface area contributed by atoms with E-state index in [0.717, 1.165) is 34.4 Å². The number of sulfonamides is 1. The molecule has 0 unspecified atom stereocenters. The molecule has 1 aliphatic rings. The van der Waals surface area contributed by atoms with Crippen molar-refractivity contribution in [3.63, 3.8) is 0 Å². The maximum Gasteiger partial charge on any atom is 0.250 e. The van der Waals surface area contributed by atoms with E-state index in [1.165, 1.54) is 11.6 Å². The van der Waals surface area contributed by atoms with Crippen molar-refractivity contribution in [1.29, 1.82) is 0 Å². The quantitative estimate of drug-likeness (QED) is 0.724. The molecule has 0 bridgehead atoms. The number of carbonyl (C=O) groups is 1. The van der Waals surface area contributed by atoms with Gasteiger partial charge in [0.05, 0.1) is 10.3 Å². The minimum Gasteiger partial charge on any atom is -0.342 e. The van der Waals surface area contributed by atoms with Gasteiger partial charge in [-0.15, -0.1) is 11.3 Å². The predicted octanol–water partition coefficient (Wildman–Crippen LogP) is 3.27. The van der Waals surface area contributed by atoms with Gasteiger partial charge in [0.15, 0.2) is 0 Å². The number of nitrogens with one attached hydrogen (secondary N) is 1. The molecule has 1 amide bonds. The lowest BCUT2D eigenvalue weighted by molar-refractivity contribution is -0.131. The van der Waals surface area contributed by atoms with Crippen molar-refractivity contribution < 1.29 is 13.2 Å². The summed E-state index contributed by atoms with van der Waals surface area (Å²) < 4.78 is 27.7. The summed E-state index contributed by atoms with van der Waals surface area (Å²) in [5.74, 6) is 0.406. The SMILES string of the molecule is O=C(CNS(=O)(=O)c1ccc(Br)s1)N1CCC(Cc2ccccc2)CC1. The third-order valence-corrected chi connectivity index (χ3v) is 8.08. The third-order valence-electron chi connectivity index (χ3n) is 4.56. The van der Waals surface area contributed by atoms with E-state index in [2.05, 4.69) is 32.8 Å². The fraction of sp³-hybridized carbons (Fsp3) is 0.389. The monoisotopic (exact) mass is 456 g/mol. The Labute approximate surface area is 166 Å². The Morgan fingerprint density at radius 1 is 1.15 bits per heavy atom. The van der Waals surface area contributed by atoms with Gasteiger partial charge < -0.3 is 4.90 Å². The first-order valence-corrected chi connectivity index (χ1v) is 11.6. The maximum absolute atomic E-state index is 12.3. The van der Waals surface area contributed by atoms with Gasteiger partial charge in [-0.3, -0.25) is 4.79 Å². The largest absolute Gasteiger partial charge is 0.342 e. The van der Waals surface area contributed by atoms with Crippen molar-refractivity contribution in [2.45, 2.75) is 23.5 Å². The summed E-state index contributed by atoms with van der Waals surface area (Å²) >= 11 is 4.37. The lowest BCUT2D eigenvalue weighted by Gasteiger charge is -2.32. The van der Waals surface area contributed by atoms with E-state index in [9.17, 15) is 13.2 Å². The van der Waals surface area contributed by atoms with E-state index in [4.69, 9.17) is 0 Å². The van der Waals surface area contributed by atoms with Crippen LogP contribution in [0.15, 0.2) is 50.5 Å². The molecule has 1 saturated heterocycles. The molecule has 0 radical (unpaired) electrons. The molecule has 0 aliphatic carbocycles. The van der Waals surface area contributed by atoms with Crippen molar-refractivity contribution in [3.05, 3.63) is 51.8 Å². The topological polar surface area (TPSA) is 66.5 Å². The molecule has 2 aromatic rings. The number of benzene rings is 1. The first-order valence-electron chi connectivity index (χ1n) is 8.51. The number of hydrogen-bond acceptors (Lipinski definition) is 4. The van der Waals surface area contributed by atoms with E-state index >= 15 is 0 Å². The fourth-order valence-electron chi connectivity index (χ4n) is 3.12. The van der Waals surface area contributed by atoms with Crippen LogP contribution < -0.4 is 4.72 Å². The summed E-state index contributed by atoms with van der Waals surface area (Å²) in [7, 11) is -3.63. The van der Waals surface area contributed by atoms with Gasteiger partial charge in [-0.1, -0.05) is 30.3 Å². The second-order valence-corrected chi connectivity index (χ2v) is 10.9. The first-order chi connectivity index (χ1) is 12.4. The van der Waals surface area contributed by atoms with Crippen LogP contribution in [0.4, 0.5) is 0 Å². The summed E-state index contributed by atoms with van der Waals surface area (Å²) in [6.45, 7) is 1.17. The van der Waals surface area contributed by atoms with Crippen LogP contribution in [0.2, 0.25) is 0 Å². The smallest absolute Gasteiger partial charge is 0.250 e. The van der Waals surface area contributed by atoms with E-state index in [0.29, 0.717) is 19.0 Å². The molecule has 3 rings (SSSR count). The van der Waals surface area contributed by atoms with E-state index < -0.39 is 10.0 Å². The molecule has 1 aliphatic heterocycles. The fourth-order valence-corrected chi connectivity index (χ4v) is 6.14. The minimum atomic E-state index is -3.63. The molecular weight excluding hydrogens is 436 g/mol. The number of nitrogens with zero attached hydrogens (tertiary/aromatic N) is 1. The predicted molar refractivity (Wildman–Crippen MR) is 107 cm³/mol. The van der Waals surface area contributed by atoms with Gasteiger partial charge in [-0.2, -0.15) is 0 Å². The minimum absolute atomic E-state index is 0.164. The summed E-state index contributed by atoms with van der Waals surface area (Å²) in [5.41, 5.74) is 1.33. The Morgan fingerprint density at radius 2 is 1.85 bits per heavy atom. The summed E-state index contributed by atoms with van der Waals surface area (Å²) in [6.07, 6.45) is 2.93. The Kier molecular flexibility index (Phi) is 6.50. The zero-order chi connectivity index (χ0) is 18.6. The van der Waals surface area contributed by atoms with Gasteiger partial charge in [0.1, 0.15) is 4.21 Å². The number of carbonyl (C=O) groups excluding carboxylic acids is 1. The van der Waals surface area contributed by atoms with Gasteiger partial charge >= 0.3 is 0 Å². The van der Waals surface area contributed by atoms with Gasteiger partial charge in [-0.25, -0.2) is 13.1 Å². The lowest BCUT2D eigenvalue weighted by atomic mass is 9.90. The van der Waals surface area contributed by atoms with Crippen LogP contribution in [0, 0.1) is 5.92 Å². The van der Waals surface area contributed by atoms with Crippen LogP contribution in [0.3, 0.4) is 0 Å². The number of halogens is 1. The number of hydrogen-bond donors (Lipinski definition) is 1. The van der Waals surface area contributed by atoms with E-state index in [1.807, 2.05) is 18.2 Å². The van der Waals surface area contributed by atoms with Crippen molar-refractivity contribution >= 4 is 43.2 Å². The lowest BCUT2D eigenvalue weighted by Crippen LogP contribution is -2.44. The average Bonchev–Trinajstić information content (AvgIpc) is 3.09. The molecule has 0 saturated carbocycles. The zero-order valence-electron chi connectivity index (χ0n) is 14.2. The highest BCUT2D eigenvalue weighted by molar-refractivity contribution is 9.11. The molecule has 8 heteroatoms. The highest BCUT2D eigenvalue weighted by Crippen LogP contribution is 2.26. The molecule has 1 aromatic heterocycles. The third kappa shape index (κ3) is 5.16. The van der Waals surface area contributed by atoms with Gasteiger partial charge in [-0.05, 0) is 58.8 Å². The van der Waals surface area contributed by atoms with E-state index in [-0.39, 0.29) is 16.7 Å². The number of likely N-dealkylation sites (tertiary alicyclic amines) is 1. The highest BCUT2D eigenvalue weighted by atomic mass is 79.9. The van der Waals surface area contributed by atoms with Gasteiger partial charge in [0.2, 0.25) is 5.91 Å². The maximum atomic E-state index is 12.3. The molecule has 1 N–H and O–H groups in total. The second kappa shape index (κ2) is 8.65. The zero-order valence-corrected chi connectivity index (χ0v) is 17.4. The van der Waals surface area contributed by atoms with Crippen LogP contribution in [0.25, 0.3) is 0 Å². The Morgan fingerprint density at radius 3 is 2.46 bits per heavy atom. The van der Waals surface area contributed by atoms with Crippen LogP contribution in [-0.4, -0.2) is 38.9 Å². The molecule has 5 nitrogen and oxygen atoms in total. The van der Waals surface area contributed by atoms with E-state index in [1.54, 1.807) is 11.0 Å². The summed E-state index contributed by atoms with van der Waals surface area (Å²) in [4.78, 5) is 14.1. The van der Waals surface area contributed by atoms with Crippen LogP contribution in [-0.2, 0) is 21.2 Å².